The van der Waals surface area contributed by atoms with Gasteiger partial charge in [-0.05, 0) is 32.1 Å². The predicted octanol–water partition coefficient (Wildman–Crippen LogP) is 1.22. The highest BCUT2D eigenvalue weighted by molar-refractivity contribution is 5.83. The minimum Gasteiger partial charge on any atom is -0.466 e. The monoisotopic (exact) mass is 282 g/mol. The van der Waals surface area contributed by atoms with Crippen LogP contribution in [0, 0.1) is 11.8 Å². The number of ether oxygens (including phenoxy) is 1. The predicted molar refractivity (Wildman–Crippen MR) is 76.1 cm³/mol. The zero-order valence-corrected chi connectivity index (χ0v) is 12.5. The largest absolute Gasteiger partial charge is 0.466 e. The molecule has 20 heavy (non-hydrogen) atoms. The SMILES string of the molecule is CCOC(=O)C(C)CNC(=O)C1CC2CCCCC2N1. The molecule has 5 heteroatoms. The molecule has 0 aromatic heterocycles. The van der Waals surface area contributed by atoms with Crippen LogP contribution in [0.25, 0.3) is 0 Å². The Morgan fingerprint density at radius 2 is 2.10 bits per heavy atom. The molecule has 2 aliphatic rings. The number of amides is 1. The maximum absolute atomic E-state index is 12.1. The van der Waals surface area contributed by atoms with Crippen LogP contribution in [0.3, 0.4) is 0 Å². The summed E-state index contributed by atoms with van der Waals surface area (Å²) in [7, 11) is 0. The minimum absolute atomic E-state index is 0.0237. The van der Waals surface area contributed by atoms with Gasteiger partial charge in [0.05, 0.1) is 18.6 Å². The Bertz CT molecular complexity index is 345. The van der Waals surface area contributed by atoms with Crippen molar-refractivity contribution in [1.29, 1.82) is 0 Å². The first-order valence-electron chi connectivity index (χ1n) is 7.82. The molecule has 2 fully saturated rings. The molecule has 1 amide bonds. The molecular formula is C15H26N2O3. The van der Waals surface area contributed by atoms with Gasteiger partial charge < -0.3 is 15.4 Å². The summed E-state index contributed by atoms with van der Waals surface area (Å²) in [4.78, 5) is 23.6. The number of esters is 1. The highest BCUT2D eigenvalue weighted by atomic mass is 16.5. The van der Waals surface area contributed by atoms with E-state index in [2.05, 4.69) is 10.6 Å². The molecule has 0 bridgehead atoms. The van der Waals surface area contributed by atoms with Crippen LogP contribution in [0.2, 0.25) is 0 Å². The Hall–Kier alpha value is -1.10. The number of rotatable bonds is 5. The van der Waals surface area contributed by atoms with Gasteiger partial charge in [-0.1, -0.05) is 19.8 Å². The summed E-state index contributed by atoms with van der Waals surface area (Å²) in [6, 6.07) is 0.430. The fourth-order valence-electron chi connectivity index (χ4n) is 3.27. The minimum atomic E-state index is -0.289. The second-order valence-corrected chi connectivity index (χ2v) is 6.00. The van der Waals surface area contributed by atoms with Gasteiger partial charge in [-0.25, -0.2) is 0 Å². The lowest BCUT2D eigenvalue weighted by molar-refractivity contribution is -0.147. The smallest absolute Gasteiger partial charge is 0.310 e. The molecule has 5 nitrogen and oxygen atoms in total. The summed E-state index contributed by atoms with van der Waals surface area (Å²) in [5.41, 5.74) is 0. The van der Waals surface area contributed by atoms with E-state index in [1.807, 2.05) is 0 Å². The second-order valence-electron chi connectivity index (χ2n) is 6.00. The Labute approximate surface area is 120 Å². The number of fused-ring (bicyclic) bond motifs is 1. The van der Waals surface area contributed by atoms with E-state index in [0.29, 0.717) is 25.1 Å². The van der Waals surface area contributed by atoms with E-state index in [1.165, 1.54) is 25.7 Å². The van der Waals surface area contributed by atoms with Crippen molar-refractivity contribution in [2.45, 2.75) is 58.0 Å². The quantitative estimate of drug-likeness (QED) is 0.744. The van der Waals surface area contributed by atoms with Gasteiger partial charge in [-0.2, -0.15) is 0 Å². The molecule has 114 valence electrons. The van der Waals surface area contributed by atoms with E-state index in [9.17, 15) is 9.59 Å². The van der Waals surface area contributed by atoms with Gasteiger partial charge in [-0.15, -0.1) is 0 Å². The average molecular weight is 282 g/mol. The standard InChI is InChI=1S/C15H26N2O3/c1-3-20-15(19)10(2)9-16-14(18)13-8-11-6-4-5-7-12(11)17-13/h10-13,17H,3-9H2,1-2H3,(H,16,18). The van der Waals surface area contributed by atoms with Crippen molar-refractivity contribution in [3.8, 4) is 0 Å². The lowest BCUT2D eigenvalue weighted by Gasteiger charge is -2.24. The third-order valence-corrected chi connectivity index (χ3v) is 4.45. The van der Waals surface area contributed by atoms with E-state index in [0.717, 1.165) is 6.42 Å². The van der Waals surface area contributed by atoms with E-state index >= 15 is 0 Å². The molecule has 1 saturated heterocycles. The Morgan fingerprint density at radius 3 is 2.80 bits per heavy atom. The maximum atomic E-state index is 12.1. The van der Waals surface area contributed by atoms with Crippen molar-refractivity contribution in [3.63, 3.8) is 0 Å². The summed E-state index contributed by atoms with van der Waals surface area (Å²) in [6.07, 6.45) is 5.91. The van der Waals surface area contributed by atoms with Gasteiger partial charge in [0.25, 0.3) is 0 Å². The molecule has 1 saturated carbocycles. The zero-order valence-electron chi connectivity index (χ0n) is 12.5. The van der Waals surface area contributed by atoms with Gasteiger partial charge in [0, 0.05) is 12.6 Å². The third kappa shape index (κ3) is 3.72. The number of carbonyl (C=O) groups excluding carboxylic acids is 2. The van der Waals surface area contributed by atoms with Gasteiger partial charge in [0.1, 0.15) is 0 Å². The average Bonchev–Trinajstić information content (AvgIpc) is 2.88. The fourth-order valence-corrected chi connectivity index (χ4v) is 3.27. The lowest BCUT2D eigenvalue weighted by Crippen LogP contribution is -2.45. The number of hydrogen-bond acceptors (Lipinski definition) is 4. The normalized spacial score (nSPS) is 30.4. The van der Waals surface area contributed by atoms with Crippen LogP contribution in [0.4, 0.5) is 0 Å². The van der Waals surface area contributed by atoms with Gasteiger partial charge in [0.15, 0.2) is 0 Å². The lowest BCUT2D eigenvalue weighted by atomic mass is 9.85. The molecule has 0 spiro atoms. The van der Waals surface area contributed by atoms with Gasteiger partial charge in [-0.3, -0.25) is 9.59 Å². The van der Waals surface area contributed by atoms with Crippen molar-refractivity contribution in [3.05, 3.63) is 0 Å². The van der Waals surface area contributed by atoms with Gasteiger partial charge in [0.2, 0.25) is 5.91 Å². The van der Waals surface area contributed by atoms with Crippen LogP contribution in [0.15, 0.2) is 0 Å². The van der Waals surface area contributed by atoms with Crippen LogP contribution < -0.4 is 10.6 Å². The fraction of sp³-hybridized carbons (Fsp3) is 0.867. The zero-order chi connectivity index (χ0) is 14.5. The van der Waals surface area contributed by atoms with Crippen molar-refractivity contribution in [2.75, 3.05) is 13.2 Å². The van der Waals surface area contributed by atoms with Crippen molar-refractivity contribution in [2.24, 2.45) is 11.8 Å². The molecule has 4 atom stereocenters. The van der Waals surface area contributed by atoms with E-state index in [1.54, 1.807) is 13.8 Å². The first kappa shape index (κ1) is 15.3. The number of nitrogens with one attached hydrogen (secondary N) is 2. The van der Waals surface area contributed by atoms with Crippen LogP contribution in [-0.2, 0) is 14.3 Å². The Balaban J connectivity index is 1.74. The Kier molecular flexibility index (Phi) is 5.40. The summed E-state index contributed by atoms with van der Waals surface area (Å²) in [5, 5.41) is 6.31. The van der Waals surface area contributed by atoms with Crippen LogP contribution in [-0.4, -0.2) is 37.1 Å². The van der Waals surface area contributed by atoms with E-state index in [-0.39, 0.29) is 23.8 Å². The summed E-state index contributed by atoms with van der Waals surface area (Å²) in [5.74, 6) is 0.140. The third-order valence-electron chi connectivity index (χ3n) is 4.45. The molecule has 2 N–H and O–H groups in total. The highest BCUT2D eigenvalue weighted by Gasteiger charge is 2.38. The van der Waals surface area contributed by atoms with Gasteiger partial charge >= 0.3 is 5.97 Å². The number of carbonyl (C=O) groups is 2. The first-order valence-corrected chi connectivity index (χ1v) is 7.82. The molecular weight excluding hydrogens is 256 g/mol. The highest BCUT2D eigenvalue weighted by Crippen LogP contribution is 2.33. The Morgan fingerprint density at radius 1 is 1.35 bits per heavy atom. The van der Waals surface area contributed by atoms with Crippen molar-refractivity contribution < 1.29 is 14.3 Å². The first-order chi connectivity index (χ1) is 9.61. The molecule has 1 aliphatic heterocycles. The molecule has 0 aromatic carbocycles. The maximum Gasteiger partial charge on any atom is 0.310 e. The molecule has 1 aliphatic carbocycles. The van der Waals surface area contributed by atoms with Crippen LogP contribution >= 0.6 is 0 Å². The molecule has 0 radical (unpaired) electrons. The van der Waals surface area contributed by atoms with E-state index < -0.39 is 0 Å². The van der Waals surface area contributed by atoms with Crippen molar-refractivity contribution in [1.82, 2.24) is 10.6 Å². The summed E-state index contributed by atoms with van der Waals surface area (Å²) >= 11 is 0. The van der Waals surface area contributed by atoms with Crippen LogP contribution in [0.5, 0.6) is 0 Å². The van der Waals surface area contributed by atoms with E-state index in [4.69, 9.17) is 4.74 Å². The molecule has 2 rings (SSSR count). The van der Waals surface area contributed by atoms with Crippen LogP contribution in [0.1, 0.15) is 46.0 Å². The molecule has 4 unspecified atom stereocenters. The summed E-state index contributed by atoms with van der Waals surface area (Å²) < 4.78 is 4.93. The summed E-state index contributed by atoms with van der Waals surface area (Å²) in [6.45, 7) is 4.29. The second kappa shape index (κ2) is 7.07. The molecule has 1 heterocycles. The van der Waals surface area contributed by atoms with Crippen molar-refractivity contribution >= 4 is 11.9 Å². The molecule has 0 aromatic rings. The number of hydrogen-bond donors (Lipinski definition) is 2. The topological polar surface area (TPSA) is 67.4 Å².